The van der Waals surface area contributed by atoms with Gasteiger partial charge in [-0.2, -0.15) is 0 Å². The van der Waals surface area contributed by atoms with Gasteiger partial charge in [-0.15, -0.1) is 0 Å². The largest absolute Gasteiger partial charge is 0.507 e. The van der Waals surface area contributed by atoms with E-state index in [-0.39, 0.29) is 24.0 Å². The number of aliphatic hydroxyl groups is 1. The van der Waals surface area contributed by atoms with Crippen LogP contribution in [0.2, 0.25) is 0 Å². The molecule has 0 radical (unpaired) electrons. The fraction of sp³-hybridized carbons (Fsp3) is 0.222. The third kappa shape index (κ3) is 3.79. The Balaban J connectivity index is 1.62. The molecule has 34 heavy (non-hydrogen) atoms. The molecule has 3 aromatic rings. The van der Waals surface area contributed by atoms with Crippen molar-refractivity contribution < 1.29 is 24.2 Å². The molecular weight excluding hydrogens is 432 g/mol. The summed E-state index contributed by atoms with van der Waals surface area (Å²) < 4.78 is 11.0. The van der Waals surface area contributed by atoms with Gasteiger partial charge in [-0.1, -0.05) is 12.1 Å². The second kappa shape index (κ2) is 8.67. The number of hydrogen-bond donors (Lipinski definition) is 1. The zero-order valence-corrected chi connectivity index (χ0v) is 18.9. The lowest BCUT2D eigenvalue weighted by Gasteiger charge is -2.25. The molecule has 5 rings (SSSR count). The van der Waals surface area contributed by atoms with E-state index in [0.29, 0.717) is 16.9 Å². The quantitative estimate of drug-likeness (QED) is 0.354. The van der Waals surface area contributed by atoms with Crippen molar-refractivity contribution in [2.45, 2.75) is 32.0 Å². The number of nitrogens with zero attached hydrogens (tertiary/aromatic N) is 2. The van der Waals surface area contributed by atoms with E-state index in [0.717, 1.165) is 23.3 Å². The monoisotopic (exact) mass is 456 g/mol. The van der Waals surface area contributed by atoms with E-state index in [1.54, 1.807) is 68.0 Å². The molecule has 0 aliphatic carbocycles. The van der Waals surface area contributed by atoms with Gasteiger partial charge in [0.05, 0.1) is 18.7 Å². The minimum atomic E-state index is -0.748. The van der Waals surface area contributed by atoms with E-state index in [4.69, 9.17) is 9.47 Å². The highest BCUT2D eigenvalue weighted by Gasteiger charge is 2.46. The van der Waals surface area contributed by atoms with Crippen molar-refractivity contribution in [2.75, 3.05) is 7.11 Å². The summed E-state index contributed by atoms with van der Waals surface area (Å²) in [5.41, 5.74) is 3.05. The van der Waals surface area contributed by atoms with Crippen LogP contribution in [0.4, 0.5) is 0 Å². The van der Waals surface area contributed by atoms with Crippen molar-refractivity contribution in [1.82, 2.24) is 9.88 Å². The number of ether oxygens (including phenoxy) is 2. The number of aromatic nitrogens is 1. The van der Waals surface area contributed by atoms with Crippen molar-refractivity contribution in [1.29, 1.82) is 0 Å². The van der Waals surface area contributed by atoms with Crippen LogP contribution in [-0.4, -0.2) is 39.9 Å². The molecule has 1 fully saturated rings. The molecule has 0 spiro atoms. The molecule has 1 saturated heterocycles. The number of carbonyl (C=O) groups excluding carboxylic acids is 2. The molecule has 2 aliphatic heterocycles. The molecule has 3 heterocycles. The number of rotatable bonds is 5. The third-order valence-corrected chi connectivity index (χ3v) is 6.24. The molecule has 7 heteroatoms. The van der Waals surface area contributed by atoms with Crippen LogP contribution >= 0.6 is 0 Å². The average Bonchev–Trinajstić information content (AvgIpc) is 3.35. The Labute approximate surface area is 197 Å². The Morgan fingerprint density at radius 1 is 1.12 bits per heavy atom. The summed E-state index contributed by atoms with van der Waals surface area (Å²) in [6, 6.07) is 15.3. The third-order valence-electron chi connectivity index (χ3n) is 6.24. The summed E-state index contributed by atoms with van der Waals surface area (Å²) in [6.45, 7) is 2.18. The van der Waals surface area contributed by atoms with Crippen LogP contribution in [0.15, 0.2) is 72.6 Å². The average molecular weight is 456 g/mol. The van der Waals surface area contributed by atoms with E-state index in [1.165, 1.54) is 4.90 Å². The summed E-state index contributed by atoms with van der Waals surface area (Å²) in [5.74, 6) is -0.134. The van der Waals surface area contributed by atoms with Crippen molar-refractivity contribution in [3.05, 3.63) is 94.8 Å². The molecule has 2 aromatic carbocycles. The van der Waals surface area contributed by atoms with E-state index in [9.17, 15) is 14.7 Å². The summed E-state index contributed by atoms with van der Waals surface area (Å²) >= 11 is 0. The summed E-state index contributed by atoms with van der Waals surface area (Å²) in [5, 5.41) is 11.3. The predicted octanol–water partition coefficient (Wildman–Crippen LogP) is 4.04. The number of ketones is 1. The van der Waals surface area contributed by atoms with Gasteiger partial charge in [-0.3, -0.25) is 14.6 Å². The molecular formula is C27H24N2O5. The van der Waals surface area contributed by atoms with E-state index in [2.05, 4.69) is 4.98 Å². The Morgan fingerprint density at radius 2 is 1.85 bits per heavy atom. The van der Waals surface area contributed by atoms with Crippen LogP contribution in [0, 0.1) is 0 Å². The smallest absolute Gasteiger partial charge is 0.295 e. The lowest BCUT2D eigenvalue weighted by Crippen LogP contribution is -2.29. The van der Waals surface area contributed by atoms with Gasteiger partial charge in [0.1, 0.15) is 23.4 Å². The number of likely N-dealkylation sites (tertiary alicyclic amines) is 1. The zero-order chi connectivity index (χ0) is 23.8. The number of aliphatic hydroxyl groups excluding tert-OH is 1. The Hall–Kier alpha value is -4.13. The van der Waals surface area contributed by atoms with Crippen LogP contribution in [0.5, 0.6) is 11.5 Å². The van der Waals surface area contributed by atoms with E-state index in [1.807, 2.05) is 13.0 Å². The van der Waals surface area contributed by atoms with Crippen molar-refractivity contribution in [3.63, 3.8) is 0 Å². The number of pyridine rings is 1. The predicted molar refractivity (Wildman–Crippen MR) is 125 cm³/mol. The molecule has 172 valence electrons. The highest BCUT2D eigenvalue weighted by atomic mass is 16.5. The van der Waals surface area contributed by atoms with Crippen molar-refractivity contribution >= 4 is 17.4 Å². The lowest BCUT2D eigenvalue weighted by molar-refractivity contribution is -0.140. The van der Waals surface area contributed by atoms with Crippen molar-refractivity contribution in [2.24, 2.45) is 0 Å². The maximum Gasteiger partial charge on any atom is 0.295 e. The van der Waals surface area contributed by atoms with Crippen molar-refractivity contribution in [3.8, 4) is 11.5 Å². The molecule has 1 N–H and O–H groups in total. The second-order valence-corrected chi connectivity index (χ2v) is 8.51. The van der Waals surface area contributed by atoms with Crippen LogP contribution in [0.3, 0.4) is 0 Å². The molecule has 7 nitrogen and oxygen atoms in total. The number of hydrogen-bond acceptors (Lipinski definition) is 6. The highest BCUT2D eigenvalue weighted by Crippen LogP contribution is 2.41. The number of methoxy groups -OCH3 is 1. The Bertz CT molecular complexity index is 1280. The van der Waals surface area contributed by atoms with Gasteiger partial charge < -0.3 is 19.5 Å². The van der Waals surface area contributed by atoms with Gasteiger partial charge >= 0.3 is 0 Å². The molecule has 0 saturated carbocycles. The second-order valence-electron chi connectivity index (χ2n) is 8.51. The first-order chi connectivity index (χ1) is 16.5. The normalized spacial score (nSPS) is 20.8. The first kappa shape index (κ1) is 21.7. The van der Waals surface area contributed by atoms with Crippen LogP contribution in [0.25, 0.3) is 5.76 Å². The van der Waals surface area contributed by atoms with Gasteiger partial charge in [-0.25, -0.2) is 0 Å². The van der Waals surface area contributed by atoms with Crippen LogP contribution in [0.1, 0.15) is 35.2 Å². The summed E-state index contributed by atoms with van der Waals surface area (Å²) in [6.07, 6.45) is 4.05. The topological polar surface area (TPSA) is 89.0 Å². The first-order valence-corrected chi connectivity index (χ1v) is 11.1. The molecule has 2 aliphatic rings. The molecule has 0 unspecified atom stereocenters. The van der Waals surface area contributed by atoms with Gasteiger partial charge in [0.15, 0.2) is 0 Å². The SMILES string of the molecule is COc1ccc([C@@H]2C(=C(O)c3ccc4c(c3)C[C@H](C)O4)C(=O)C(=O)N2Cc2ccncc2)cc1. The zero-order valence-electron chi connectivity index (χ0n) is 18.9. The van der Waals surface area contributed by atoms with E-state index >= 15 is 0 Å². The maximum absolute atomic E-state index is 13.2. The van der Waals surface area contributed by atoms with Gasteiger partial charge in [0.25, 0.3) is 11.7 Å². The van der Waals surface area contributed by atoms with Gasteiger partial charge in [0.2, 0.25) is 0 Å². The minimum Gasteiger partial charge on any atom is -0.507 e. The Kier molecular flexibility index (Phi) is 5.53. The molecule has 2 atom stereocenters. The lowest BCUT2D eigenvalue weighted by atomic mass is 9.94. The summed E-state index contributed by atoms with van der Waals surface area (Å²) in [4.78, 5) is 31.9. The molecule has 1 amide bonds. The molecule has 0 bridgehead atoms. The number of benzene rings is 2. The minimum absolute atomic E-state index is 0.0534. The van der Waals surface area contributed by atoms with E-state index < -0.39 is 17.7 Å². The van der Waals surface area contributed by atoms with Crippen LogP contribution in [-0.2, 0) is 22.6 Å². The fourth-order valence-electron chi connectivity index (χ4n) is 4.59. The number of amides is 1. The number of Topliss-reactive ketones (excluding diaryl/α,β-unsaturated/α-hetero) is 1. The number of fused-ring (bicyclic) bond motifs is 1. The first-order valence-electron chi connectivity index (χ1n) is 11.1. The summed E-state index contributed by atoms with van der Waals surface area (Å²) in [7, 11) is 1.57. The van der Waals surface area contributed by atoms with Crippen LogP contribution < -0.4 is 9.47 Å². The Morgan fingerprint density at radius 3 is 2.56 bits per heavy atom. The fourth-order valence-corrected chi connectivity index (χ4v) is 4.59. The van der Waals surface area contributed by atoms with Gasteiger partial charge in [0, 0.05) is 30.9 Å². The highest BCUT2D eigenvalue weighted by molar-refractivity contribution is 6.46. The molecule has 1 aromatic heterocycles. The number of carbonyl (C=O) groups is 2. The standard InChI is InChI=1S/C27H24N2O5/c1-16-13-20-14-19(5-8-22(20)34-16)25(30)23-24(18-3-6-21(33-2)7-4-18)29(27(32)26(23)31)15-17-9-11-28-12-10-17/h3-12,14,16,24,30H,13,15H2,1-2H3/t16-,24+/m0/s1. The maximum atomic E-state index is 13.2. The van der Waals surface area contributed by atoms with Gasteiger partial charge in [-0.05, 0) is 66.1 Å².